The molecule has 3 heterocycles. The van der Waals surface area contributed by atoms with Crippen molar-refractivity contribution in [3.8, 4) is 0 Å². The molecule has 12 nitrogen and oxygen atoms in total. The molecule has 0 spiro atoms. The number of halogens is 1. The molecule has 2 fully saturated rings. The topological polar surface area (TPSA) is 179 Å². The van der Waals surface area contributed by atoms with Crippen LogP contribution >= 0.6 is 19.2 Å². The van der Waals surface area contributed by atoms with E-state index in [2.05, 4.69) is 15.4 Å². The molecule has 1 saturated carbocycles. The van der Waals surface area contributed by atoms with Crippen molar-refractivity contribution in [2.75, 3.05) is 18.5 Å². The molecule has 1 unspecified atom stereocenters. The number of rotatable bonds is 8. The highest BCUT2D eigenvalue weighted by Gasteiger charge is 2.48. The van der Waals surface area contributed by atoms with Crippen LogP contribution in [0.5, 0.6) is 0 Å². The van der Waals surface area contributed by atoms with Gasteiger partial charge in [0.1, 0.15) is 29.9 Å². The third-order valence-electron chi connectivity index (χ3n) is 6.33. The zero-order valence-corrected chi connectivity index (χ0v) is 19.6. The summed E-state index contributed by atoms with van der Waals surface area (Å²) in [6.45, 7) is -0.354. The van der Waals surface area contributed by atoms with Gasteiger partial charge >= 0.3 is 7.60 Å². The summed E-state index contributed by atoms with van der Waals surface area (Å²) in [4.78, 5) is 23.2. The normalized spacial score (nSPS) is 28.5. The van der Waals surface area contributed by atoms with Crippen LogP contribution in [0.4, 0.5) is 5.82 Å². The van der Waals surface area contributed by atoms with E-state index >= 15 is 0 Å². The number of aromatic nitrogens is 3. The van der Waals surface area contributed by atoms with E-state index in [0.29, 0.717) is 17.0 Å². The van der Waals surface area contributed by atoms with E-state index in [9.17, 15) is 29.7 Å². The Morgan fingerprint density at radius 1 is 1.30 bits per heavy atom. The minimum atomic E-state index is -4.81. The second-order valence-electron chi connectivity index (χ2n) is 8.67. The number of nitrogens with one attached hydrogen (secondary N) is 1. The second-order valence-corrected chi connectivity index (χ2v) is 11.0. The molecule has 0 bridgehead atoms. The van der Waals surface area contributed by atoms with Crippen LogP contribution in [-0.2, 0) is 14.0 Å². The first-order chi connectivity index (χ1) is 15.5. The van der Waals surface area contributed by atoms with E-state index in [-0.39, 0.29) is 11.3 Å². The molecule has 1 saturated heterocycles. The smallest absolute Gasteiger partial charge is 0.359 e. The number of ether oxygens (including phenoxy) is 2. The van der Waals surface area contributed by atoms with Gasteiger partial charge in [-0.25, -0.2) is 4.52 Å². The molecule has 1 aliphatic carbocycles. The Bertz CT molecular complexity index is 1040. The molecule has 1 aliphatic heterocycles. The average Bonchev–Trinajstić information content (AvgIpc) is 3.47. The number of nitrogens with zero attached hydrogens (tertiary/aromatic N) is 3. The van der Waals surface area contributed by atoms with Crippen molar-refractivity contribution in [2.45, 2.75) is 68.4 Å². The molecule has 2 aromatic rings. The minimum absolute atomic E-state index is 0.00581. The van der Waals surface area contributed by atoms with Crippen LogP contribution < -0.4 is 5.32 Å². The molecule has 2 aromatic heterocycles. The molecule has 184 valence electrons. The predicted molar refractivity (Wildman–Crippen MR) is 117 cm³/mol. The number of aliphatic hydroxyl groups excluding tert-OH is 3. The average molecular weight is 507 g/mol. The van der Waals surface area contributed by atoms with Gasteiger partial charge in [0.05, 0.1) is 18.9 Å². The van der Waals surface area contributed by atoms with E-state index in [1.165, 1.54) is 4.52 Å². The van der Waals surface area contributed by atoms with Gasteiger partial charge in [-0.05, 0) is 43.5 Å². The lowest BCUT2D eigenvalue weighted by Crippen LogP contribution is -2.39. The summed E-state index contributed by atoms with van der Waals surface area (Å²) in [5.41, 5.74) is 1.04. The summed E-state index contributed by atoms with van der Waals surface area (Å²) >= 11 is 6.14. The molecular weight excluding hydrogens is 479 g/mol. The highest BCUT2D eigenvalue weighted by Crippen LogP contribution is 2.51. The first-order valence-corrected chi connectivity index (χ1v) is 12.7. The molecule has 33 heavy (non-hydrogen) atoms. The van der Waals surface area contributed by atoms with Crippen LogP contribution in [0, 0.1) is 0 Å². The van der Waals surface area contributed by atoms with E-state index in [1.807, 2.05) is 0 Å². The molecule has 6 N–H and O–H groups in total. The van der Waals surface area contributed by atoms with Gasteiger partial charge in [-0.15, -0.1) is 5.10 Å². The number of fused-ring (bicyclic) bond motifs is 1. The van der Waals surface area contributed by atoms with Gasteiger partial charge in [0, 0.05) is 6.04 Å². The summed E-state index contributed by atoms with van der Waals surface area (Å²) in [7, 11) is -4.81. The van der Waals surface area contributed by atoms with Crippen molar-refractivity contribution in [1.29, 1.82) is 0 Å². The van der Waals surface area contributed by atoms with Crippen molar-refractivity contribution in [3.63, 3.8) is 0 Å². The van der Waals surface area contributed by atoms with Crippen molar-refractivity contribution >= 4 is 30.5 Å². The lowest BCUT2D eigenvalue weighted by atomic mass is 10.1. The van der Waals surface area contributed by atoms with Gasteiger partial charge in [-0.3, -0.25) is 4.57 Å². The number of anilines is 1. The van der Waals surface area contributed by atoms with Crippen molar-refractivity contribution < 1.29 is 39.1 Å². The lowest BCUT2D eigenvalue weighted by Gasteiger charge is -2.30. The molecule has 5 atom stereocenters. The molecule has 0 aromatic carbocycles. The van der Waals surface area contributed by atoms with Crippen molar-refractivity contribution in [1.82, 2.24) is 14.6 Å². The maximum Gasteiger partial charge on any atom is 0.359 e. The molecule has 4 rings (SSSR count). The summed E-state index contributed by atoms with van der Waals surface area (Å²) in [5.74, 6) is 0.557. The zero-order valence-electron chi connectivity index (χ0n) is 17.9. The first kappa shape index (κ1) is 24.8. The summed E-state index contributed by atoms with van der Waals surface area (Å²) in [5, 5.41) is 35.9. The van der Waals surface area contributed by atoms with Gasteiger partial charge in [-0.2, -0.15) is 4.98 Å². The SMILES string of the molecule is CC(CO)(OC[C@H]1O[C@@H](c2ccc3c(NC4CCCC4)nc(Cl)nn23)[C@H](O)[C@@H]1O)P(=O)(O)O. The third kappa shape index (κ3) is 4.77. The molecule has 14 heteroatoms. The molecule has 0 radical (unpaired) electrons. The van der Waals surface area contributed by atoms with Gasteiger partial charge in [-0.1, -0.05) is 12.8 Å². The maximum absolute atomic E-state index is 11.6. The Hall–Kier alpha value is -1.34. The first-order valence-electron chi connectivity index (χ1n) is 10.7. The fraction of sp³-hybridized carbons (Fsp3) is 0.684. The van der Waals surface area contributed by atoms with Crippen LogP contribution in [0.15, 0.2) is 12.1 Å². The highest BCUT2D eigenvalue weighted by molar-refractivity contribution is 7.53. The summed E-state index contributed by atoms with van der Waals surface area (Å²) < 4.78 is 24.2. The number of aliphatic hydroxyl groups is 3. The zero-order chi connectivity index (χ0) is 24.0. The predicted octanol–water partition coefficient (Wildman–Crippen LogP) is 0.802. The largest absolute Gasteiger partial charge is 0.393 e. The highest BCUT2D eigenvalue weighted by atomic mass is 35.5. The van der Waals surface area contributed by atoms with Crippen molar-refractivity contribution in [2.24, 2.45) is 0 Å². The standard InChI is InChI=1S/C19H28ClN4O8P/c1-19(9-25,33(28,29)30)31-8-13-14(26)15(27)16(32-13)11-6-7-12-17(21-10-4-2-3-5-10)22-18(20)23-24(11)12/h6-7,10,13-16,25-27H,2-5,8-9H2,1H3,(H,21,22,23)(H2,28,29,30)/t13-,14-,15-,16+,19?/m1/s1. The number of hydrogen-bond donors (Lipinski definition) is 6. The van der Waals surface area contributed by atoms with Crippen LogP contribution in [-0.4, -0.2) is 82.6 Å². The Labute approximate surface area is 194 Å². The Morgan fingerprint density at radius 2 is 2.00 bits per heavy atom. The van der Waals surface area contributed by atoms with Gasteiger partial charge < -0.3 is 39.9 Å². The van der Waals surface area contributed by atoms with Crippen LogP contribution in [0.2, 0.25) is 5.28 Å². The summed E-state index contributed by atoms with van der Waals surface area (Å²) in [6.07, 6.45) is -0.569. The molecule has 0 amide bonds. The van der Waals surface area contributed by atoms with Gasteiger partial charge in [0.15, 0.2) is 11.2 Å². The van der Waals surface area contributed by atoms with E-state index in [4.69, 9.17) is 21.1 Å². The van der Waals surface area contributed by atoms with E-state index < -0.39 is 50.6 Å². The summed E-state index contributed by atoms with van der Waals surface area (Å²) in [6, 6.07) is 3.72. The Balaban J connectivity index is 1.56. The van der Waals surface area contributed by atoms with E-state index in [0.717, 1.165) is 32.6 Å². The van der Waals surface area contributed by atoms with E-state index in [1.54, 1.807) is 12.1 Å². The second kappa shape index (κ2) is 9.37. The van der Waals surface area contributed by atoms with Crippen molar-refractivity contribution in [3.05, 3.63) is 23.1 Å². The van der Waals surface area contributed by atoms with Crippen LogP contribution in [0.1, 0.15) is 44.4 Å². The van der Waals surface area contributed by atoms with Gasteiger partial charge in [0.25, 0.3) is 0 Å². The Kier molecular flexibility index (Phi) is 7.03. The molecular formula is C19H28ClN4O8P. The van der Waals surface area contributed by atoms with Crippen LogP contribution in [0.25, 0.3) is 5.52 Å². The molecule has 2 aliphatic rings. The number of hydrogen-bond acceptors (Lipinski definition) is 9. The maximum atomic E-state index is 11.6. The fourth-order valence-electron chi connectivity index (χ4n) is 4.19. The Morgan fingerprint density at radius 3 is 2.64 bits per heavy atom. The lowest BCUT2D eigenvalue weighted by molar-refractivity contribution is -0.0936. The fourth-order valence-corrected chi connectivity index (χ4v) is 4.78. The quantitative estimate of drug-likeness (QED) is 0.279. The minimum Gasteiger partial charge on any atom is -0.393 e. The monoisotopic (exact) mass is 506 g/mol. The third-order valence-corrected chi connectivity index (χ3v) is 7.99. The van der Waals surface area contributed by atoms with Gasteiger partial charge in [0.2, 0.25) is 5.28 Å². The van der Waals surface area contributed by atoms with Crippen LogP contribution in [0.3, 0.4) is 0 Å².